The Kier molecular flexibility index (Phi) is 2.31. The van der Waals surface area contributed by atoms with Crippen molar-refractivity contribution in [1.29, 1.82) is 0 Å². The van der Waals surface area contributed by atoms with Gasteiger partial charge in [0.15, 0.2) is 0 Å². The van der Waals surface area contributed by atoms with Crippen LogP contribution in [-0.2, 0) is 0 Å². The maximum absolute atomic E-state index is 2.31. The van der Waals surface area contributed by atoms with Gasteiger partial charge in [-0.3, -0.25) is 0 Å². The van der Waals surface area contributed by atoms with Crippen molar-refractivity contribution in [3.05, 3.63) is 0 Å². The van der Waals surface area contributed by atoms with Crippen LogP contribution < -0.4 is 0 Å². The molecule has 0 radical (unpaired) electrons. The summed E-state index contributed by atoms with van der Waals surface area (Å²) >= 11 is 0. The average molecular weight is 130 g/mol. The molecule has 0 bridgehead atoms. The molecule has 1 aliphatic rings. The number of hydrogen-bond donors (Lipinski definition) is 0. The van der Waals surface area contributed by atoms with E-state index in [0.717, 1.165) is 11.3 Å². The van der Waals surface area contributed by atoms with Crippen LogP contribution in [0.3, 0.4) is 0 Å². The Morgan fingerprint density at radius 1 is 1.25 bits per heavy atom. The summed E-state index contributed by atoms with van der Waals surface area (Å²) in [5.41, 5.74) is 2.25. The van der Waals surface area contributed by atoms with Crippen LogP contribution in [0.15, 0.2) is 0 Å². The van der Waals surface area contributed by atoms with Crippen molar-refractivity contribution in [2.75, 3.05) is 0 Å². The van der Waals surface area contributed by atoms with Gasteiger partial charge in [0.25, 0.3) is 0 Å². The third kappa shape index (κ3) is 1.23. The van der Waals surface area contributed by atoms with Gasteiger partial charge in [-0.05, 0) is 30.6 Å². The summed E-state index contributed by atoms with van der Waals surface area (Å²) in [5, 5.41) is 0. The Bertz CT molecular complexity index is 56.8. The molecule has 1 rings (SSSR count). The maximum Gasteiger partial charge on any atom is -0.0231 e. The van der Waals surface area contributed by atoms with E-state index in [4.69, 9.17) is 0 Å². The van der Waals surface area contributed by atoms with Gasteiger partial charge < -0.3 is 0 Å². The van der Waals surface area contributed by atoms with E-state index in [9.17, 15) is 0 Å². The lowest BCUT2D eigenvalue weighted by atomic mass is 10.1. The molecule has 0 aliphatic carbocycles. The normalized spacial score (nSPS) is 39.8. The van der Waals surface area contributed by atoms with Crippen LogP contribution in [0.1, 0.15) is 33.1 Å². The van der Waals surface area contributed by atoms with Crippen molar-refractivity contribution in [1.82, 2.24) is 0 Å². The Labute approximate surface area is 53.8 Å². The summed E-state index contributed by atoms with van der Waals surface area (Å²) in [4.78, 5) is 0. The van der Waals surface area contributed by atoms with Crippen LogP contribution in [0.4, 0.5) is 0 Å². The summed E-state index contributed by atoms with van der Waals surface area (Å²) in [6.45, 7) is 4.62. The van der Waals surface area contributed by atoms with Gasteiger partial charge in [0.1, 0.15) is 0 Å². The minimum absolute atomic E-state index is 1.12. The van der Waals surface area contributed by atoms with Gasteiger partial charge >= 0.3 is 0 Å². The van der Waals surface area contributed by atoms with Crippen LogP contribution >= 0.6 is 8.58 Å². The second-order valence-corrected chi connectivity index (χ2v) is 4.58. The molecule has 0 aromatic rings. The number of hydrogen-bond acceptors (Lipinski definition) is 0. The highest BCUT2D eigenvalue weighted by Crippen LogP contribution is 2.46. The topological polar surface area (TPSA) is 0 Å². The summed E-state index contributed by atoms with van der Waals surface area (Å²) in [6.07, 6.45) is 4.38. The van der Waals surface area contributed by atoms with Crippen molar-refractivity contribution in [3.8, 4) is 0 Å². The van der Waals surface area contributed by atoms with Crippen molar-refractivity contribution in [2.45, 2.75) is 44.4 Å². The minimum Gasteiger partial charge on any atom is -0.116 e. The zero-order chi connectivity index (χ0) is 5.98. The van der Waals surface area contributed by atoms with Crippen LogP contribution in [0.5, 0.6) is 0 Å². The van der Waals surface area contributed by atoms with Gasteiger partial charge in [0.05, 0.1) is 0 Å². The SMILES string of the molecule is CCC1C[C@@H](CC)P1. The van der Waals surface area contributed by atoms with E-state index in [-0.39, 0.29) is 0 Å². The van der Waals surface area contributed by atoms with Gasteiger partial charge in [-0.15, -0.1) is 8.58 Å². The summed E-state index contributed by atoms with van der Waals surface area (Å²) in [7, 11) is 1.30. The lowest BCUT2D eigenvalue weighted by Gasteiger charge is -2.33. The first-order chi connectivity index (χ1) is 3.86. The molecule has 2 unspecified atom stereocenters. The lowest BCUT2D eigenvalue weighted by Crippen LogP contribution is -2.22. The Balaban J connectivity index is 2.03. The molecule has 1 heterocycles. The van der Waals surface area contributed by atoms with E-state index in [1.807, 2.05) is 0 Å². The molecule has 3 atom stereocenters. The molecule has 0 aromatic heterocycles. The fraction of sp³-hybridized carbons (Fsp3) is 1.00. The smallest absolute Gasteiger partial charge is 0.0231 e. The molecular formula is C7H15P. The lowest BCUT2D eigenvalue weighted by molar-refractivity contribution is 0.618. The highest BCUT2D eigenvalue weighted by atomic mass is 31.1. The molecule has 1 heteroatoms. The quantitative estimate of drug-likeness (QED) is 0.504. The maximum atomic E-state index is 2.31. The highest BCUT2D eigenvalue weighted by Gasteiger charge is 2.24. The summed E-state index contributed by atoms with van der Waals surface area (Å²) in [5.74, 6) is 0. The average Bonchev–Trinajstić information content (AvgIpc) is 1.65. The van der Waals surface area contributed by atoms with E-state index < -0.39 is 0 Å². The molecule has 0 amide bonds. The predicted molar refractivity (Wildman–Crippen MR) is 41.1 cm³/mol. The zero-order valence-corrected chi connectivity index (χ0v) is 6.78. The van der Waals surface area contributed by atoms with Gasteiger partial charge in [0.2, 0.25) is 0 Å². The molecule has 0 N–H and O–H groups in total. The summed E-state index contributed by atoms with van der Waals surface area (Å²) in [6, 6.07) is 0. The fourth-order valence-electron chi connectivity index (χ4n) is 1.22. The van der Waals surface area contributed by atoms with E-state index in [0.29, 0.717) is 0 Å². The van der Waals surface area contributed by atoms with Gasteiger partial charge in [-0.25, -0.2) is 0 Å². The molecule has 0 saturated carbocycles. The zero-order valence-electron chi connectivity index (χ0n) is 5.78. The van der Waals surface area contributed by atoms with E-state index >= 15 is 0 Å². The minimum atomic E-state index is 1.12. The van der Waals surface area contributed by atoms with E-state index in [1.54, 1.807) is 0 Å². The van der Waals surface area contributed by atoms with Crippen molar-refractivity contribution >= 4 is 8.58 Å². The molecule has 0 spiro atoms. The second kappa shape index (κ2) is 2.82. The summed E-state index contributed by atoms with van der Waals surface area (Å²) < 4.78 is 0. The molecule has 8 heavy (non-hydrogen) atoms. The Morgan fingerprint density at radius 3 is 1.88 bits per heavy atom. The third-order valence-corrected chi connectivity index (χ3v) is 4.26. The van der Waals surface area contributed by atoms with Gasteiger partial charge in [0, 0.05) is 0 Å². The standard InChI is InChI=1S/C7H15P/c1-3-6-5-7(4-2)8-6/h6-8H,3-5H2,1-2H3/t6-,7?/m1/s1. The van der Waals surface area contributed by atoms with Crippen molar-refractivity contribution < 1.29 is 0 Å². The molecule has 1 fully saturated rings. The molecule has 0 aromatic carbocycles. The van der Waals surface area contributed by atoms with Gasteiger partial charge in [-0.1, -0.05) is 13.8 Å². The second-order valence-electron chi connectivity index (χ2n) is 2.61. The molecule has 1 saturated heterocycles. The van der Waals surface area contributed by atoms with Crippen LogP contribution in [0.25, 0.3) is 0 Å². The first-order valence-corrected chi connectivity index (χ1v) is 4.78. The predicted octanol–water partition coefficient (Wildman–Crippen LogP) is 2.63. The van der Waals surface area contributed by atoms with Crippen LogP contribution in [0, 0.1) is 0 Å². The molecule has 1 aliphatic heterocycles. The molecular weight excluding hydrogens is 115 g/mol. The molecule has 0 nitrogen and oxygen atoms in total. The molecule has 48 valence electrons. The fourth-order valence-corrected chi connectivity index (χ4v) is 2.76. The van der Waals surface area contributed by atoms with Gasteiger partial charge in [-0.2, -0.15) is 0 Å². The first kappa shape index (κ1) is 6.55. The first-order valence-electron chi connectivity index (χ1n) is 3.62. The van der Waals surface area contributed by atoms with E-state index in [1.165, 1.54) is 27.8 Å². The highest BCUT2D eigenvalue weighted by molar-refractivity contribution is 7.41. The third-order valence-electron chi connectivity index (χ3n) is 2.03. The van der Waals surface area contributed by atoms with Crippen LogP contribution in [-0.4, -0.2) is 11.3 Å². The number of rotatable bonds is 2. The Morgan fingerprint density at radius 2 is 1.62 bits per heavy atom. The Hall–Kier alpha value is 0.430. The largest absolute Gasteiger partial charge is 0.116 e. The van der Waals surface area contributed by atoms with Crippen LogP contribution in [0.2, 0.25) is 0 Å². The monoisotopic (exact) mass is 130 g/mol. The van der Waals surface area contributed by atoms with E-state index in [2.05, 4.69) is 13.8 Å². The van der Waals surface area contributed by atoms with Crippen molar-refractivity contribution in [2.24, 2.45) is 0 Å². The van der Waals surface area contributed by atoms with Crippen molar-refractivity contribution in [3.63, 3.8) is 0 Å².